The van der Waals surface area contributed by atoms with Crippen LogP contribution in [0.3, 0.4) is 0 Å². The molecule has 0 unspecified atom stereocenters. The highest BCUT2D eigenvalue weighted by atomic mass is 32.2. The third-order valence-electron chi connectivity index (χ3n) is 2.10. The molecule has 2 heterocycles. The minimum atomic E-state index is -0.284. The van der Waals surface area contributed by atoms with Crippen molar-refractivity contribution in [3.05, 3.63) is 28.7 Å². The molecule has 0 amide bonds. The van der Waals surface area contributed by atoms with Crippen molar-refractivity contribution in [2.75, 3.05) is 17.6 Å². The van der Waals surface area contributed by atoms with Crippen LogP contribution in [0.15, 0.2) is 33.3 Å². The lowest BCUT2D eigenvalue weighted by atomic mass is 10.5. The molecule has 8 heteroatoms. The van der Waals surface area contributed by atoms with Gasteiger partial charge in [-0.15, -0.1) is 0 Å². The SMILES string of the molecule is CCCNc1nccc(Sc2nc(N)cc(=O)[nH]2)n1. The summed E-state index contributed by atoms with van der Waals surface area (Å²) in [5.74, 6) is 0.739. The maximum atomic E-state index is 11.3. The van der Waals surface area contributed by atoms with Crippen LogP contribution in [0.25, 0.3) is 0 Å². The van der Waals surface area contributed by atoms with Gasteiger partial charge in [0.15, 0.2) is 5.16 Å². The summed E-state index contributed by atoms with van der Waals surface area (Å²) in [7, 11) is 0. The summed E-state index contributed by atoms with van der Waals surface area (Å²) in [4.78, 5) is 26.3. The average molecular weight is 278 g/mol. The molecule has 2 rings (SSSR count). The Morgan fingerprint density at radius 3 is 3.05 bits per heavy atom. The van der Waals surface area contributed by atoms with Gasteiger partial charge in [-0.05, 0) is 24.2 Å². The second kappa shape index (κ2) is 6.19. The molecule has 7 nitrogen and oxygen atoms in total. The summed E-state index contributed by atoms with van der Waals surface area (Å²) in [6.45, 7) is 2.87. The van der Waals surface area contributed by atoms with E-state index >= 15 is 0 Å². The van der Waals surface area contributed by atoms with Gasteiger partial charge in [-0.1, -0.05) is 6.92 Å². The average Bonchev–Trinajstić information content (AvgIpc) is 2.35. The Kier molecular flexibility index (Phi) is 4.35. The van der Waals surface area contributed by atoms with Crippen molar-refractivity contribution in [2.45, 2.75) is 23.5 Å². The van der Waals surface area contributed by atoms with E-state index in [1.165, 1.54) is 17.8 Å². The van der Waals surface area contributed by atoms with Crippen LogP contribution in [0.2, 0.25) is 0 Å². The lowest BCUT2D eigenvalue weighted by molar-refractivity contribution is 0.922. The van der Waals surface area contributed by atoms with Gasteiger partial charge in [0.2, 0.25) is 5.95 Å². The number of hydrogen-bond acceptors (Lipinski definition) is 7. The van der Waals surface area contributed by atoms with E-state index in [1.807, 2.05) is 0 Å². The number of aromatic amines is 1. The lowest BCUT2D eigenvalue weighted by Gasteiger charge is -2.04. The minimum Gasteiger partial charge on any atom is -0.383 e. The van der Waals surface area contributed by atoms with Crippen molar-refractivity contribution in [2.24, 2.45) is 0 Å². The molecule has 0 aromatic carbocycles. The Bertz CT molecular complexity index is 614. The number of nitrogens with one attached hydrogen (secondary N) is 2. The van der Waals surface area contributed by atoms with Crippen molar-refractivity contribution in [3.8, 4) is 0 Å². The molecule has 0 saturated heterocycles. The maximum Gasteiger partial charge on any atom is 0.253 e. The predicted octanol–water partition coefficient (Wildman–Crippen LogP) is 1.12. The van der Waals surface area contributed by atoms with Gasteiger partial charge >= 0.3 is 0 Å². The molecule has 0 spiro atoms. The summed E-state index contributed by atoms with van der Waals surface area (Å²) in [5, 5.41) is 4.18. The number of nitrogens with two attached hydrogens (primary N) is 1. The Morgan fingerprint density at radius 2 is 2.32 bits per heavy atom. The van der Waals surface area contributed by atoms with Gasteiger partial charge in [-0.3, -0.25) is 4.79 Å². The Hall–Kier alpha value is -2.09. The molecule has 0 aliphatic rings. The van der Waals surface area contributed by atoms with Crippen LogP contribution in [-0.2, 0) is 0 Å². The molecule has 0 aliphatic heterocycles. The van der Waals surface area contributed by atoms with Gasteiger partial charge in [-0.25, -0.2) is 15.0 Å². The van der Waals surface area contributed by atoms with Crippen molar-refractivity contribution in [1.82, 2.24) is 19.9 Å². The predicted molar refractivity (Wildman–Crippen MR) is 74.2 cm³/mol. The lowest BCUT2D eigenvalue weighted by Crippen LogP contribution is -2.09. The second-order valence-corrected chi connectivity index (χ2v) is 4.73. The van der Waals surface area contributed by atoms with E-state index in [-0.39, 0.29) is 11.4 Å². The Labute approximate surface area is 114 Å². The fourth-order valence-electron chi connectivity index (χ4n) is 1.32. The van der Waals surface area contributed by atoms with Crippen molar-refractivity contribution in [3.63, 3.8) is 0 Å². The van der Waals surface area contributed by atoms with Crippen molar-refractivity contribution >= 4 is 23.5 Å². The first-order chi connectivity index (χ1) is 9.17. The number of H-pyrrole nitrogens is 1. The highest BCUT2D eigenvalue weighted by Crippen LogP contribution is 2.22. The van der Waals surface area contributed by atoms with E-state index in [1.54, 1.807) is 12.3 Å². The van der Waals surface area contributed by atoms with Gasteiger partial charge in [0.25, 0.3) is 5.56 Å². The first-order valence-corrected chi connectivity index (χ1v) is 6.60. The van der Waals surface area contributed by atoms with E-state index in [0.29, 0.717) is 16.1 Å². The number of rotatable bonds is 5. The monoisotopic (exact) mass is 278 g/mol. The van der Waals surface area contributed by atoms with E-state index in [0.717, 1.165) is 13.0 Å². The van der Waals surface area contributed by atoms with Crippen molar-refractivity contribution < 1.29 is 0 Å². The van der Waals surface area contributed by atoms with Crippen LogP contribution in [0.5, 0.6) is 0 Å². The molecular formula is C11H14N6OS. The van der Waals surface area contributed by atoms with Gasteiger partial charge in [-0.2, -0.15) is 0 Å². The van der Waals surface area contributed by atoms with Gasteiger partial charge in [0.05, 0.1) is 0 Å². The van der Waals surface area contributed by atoms with Crippen LogP contribution in [0.1, 0.15) is 13.3 Å². The summed E-state index contributed by atoms with van der Waals surface area (Å²) in [6, 6.07) is 2.98. The third kappa shape index (κ3) is 3.95. The zero-order valence-corrected chi connectivity index (χ0v) is 11.2. The zero-order valence-electron chi connectivity index (χ0n) is 10.4. The van der Waals surface area contributed by atoms with Crippen LogP contribution < -0.4 is 16.6 Å². The maximum absolute atomic E-state index is 11.3. The Morgan fingerprint density at radius 1 is 1.47 bits per heavy atom. The highest BCUT2D eigenvalue weighted by molar-refractivity contribution is 7.99. The third-order valence-corrected chi connectivity index (χ3v) is 2.93. The summed E-state index contributed by atoms with van der Waals surface area (Å²) in [6.07, 6.45) is 2.64. The van der Waals surface area contributed by atoms with E-state index in [2.05, 4.69) is 32.2 Å². The van der Waals surface area contributed by atoms with Crippen molar-refractivity contribution in [1.29, 1.82) is 0 Å². The minimum absolute atomic E-state index is 0.185. The number of aromatic nitrogens is 4. The second-order valence-electron chi connectivity index (χ2n) is 3.72. The van der Waals surface area contributed by atoms with Gasteiger partial charge < -0.3 is 16.0 Å². The highest BCUT2D eigenvalue weighted by Gasteiger charge is 2.04. The van der Waals surface area contributed by atoms with E-state index < -0.39 is 0 Å². The number of anilines is 2. The fraction of sp³-hybridized carbons (Fsp3) is 0.273. The number of nitrogen functional groups attached to an aromatic ring is 1. The molecule has 0 saturated carbocycles. The van der Waals surface area contributed by atoms with Crippen LogP contribution in [0, 0.1) is 0 Å². The molecule has 0 fully saturated rings. The fourth-order valence-corrected chi connectivity index (χ4v) is 2.08. The molecule has 2 aromatic heterocycles. The van der Waals surface area contributed by atoms with E-state index in [4.69, 9.17) is 5.73 Å². The molecule has 100 valence electrons. The van der Waals surface area contributed by atoms with Gasteiger partial charge in [0, 0.05) is 18.8 Å². The van der Waals surface area contributed by atoms with Crippen LogP contribution in [-0.4, -0.2) is 26.5 Å². The molecule has 2 aromatic rings. The first-order valence-electron chi connectivity index (χ1n) is 5.79. The standard InChI is InChI=1S/C11H14N6OS/c1-2-4-13-10-14-5-3-9(17-10)19-11-15-7(12)6-8(18)16-11/h3,5-6H,2,4H2,1H3,(H,13,14,17)(H3,12,15,16,18). The summed E-state index contributed by atoms with van der Waals surface area (Å²) < 4.78 is 0. The largest absolute Gasteiger partial charge is 0.383 e. The van der Waals surface area contributed by atoms with E-state index in [9.17, 15) is 4.79 Å². The molecule has 19 heavy (non-hydrogen) atoms. The molecule has 4 N–H and O–H groups in total. The van der Waals surface area contributed by atoms with Crippen LogP contribution in [0.4, 0.5) is 11.8 Å². The smallest absolute Gasteiger partial charge is 0.253 e. The topological polar surface area (TPSA) is 110 Å². The Balaban J connectivity index is 2.16. The summed E-state index contributed by atoms with van der Waals surface area (Å²) >= 11 is 1.23. The zero-order chi connectivity index (χ0) is 13.7. The normalized spacial score (nSPS) is 10.4. The molecule has 0 aliphatic carbocycles. The summed E-state index contributed by atoms with van der Waals surface area (Å²) in [5.41, 5.74) is 5.24. The van der Waals surface area contributed by atoms with Crippen LogP contribution >= 0.6 is 11.8 Å². The molecule has 0 bridgehead atoms. The number of nitrogens with zero attached hydrogens (tertiary/aromatic N) is 3. The quantitative estimate of drug-likeness (QED) is 0.555. The van der Waals surface area contributed by atoms with Gasteiger partial charge in [0.1, 0.15) is 10.8 Å². The molecule has 0 atom stereocenters. The number of hydrogen-bond donors (Lipinski definition) is 3. The first kappa shape index (κ1) is 13.3. The molecular weight excluding hydrogens is 264 g/mol. The molecule has 0 radical (unpaired) electrons.